The van der Waals surface area contributed by atoms with Crippen LogP contribution in [0, 0.1) is 0 Å². The molecule has 5 heteroatoms. The van der Waals surface area contributed by atoms with Crippen LogP contribution in [0.1, 0.15) is 5.69 Å². The van der Waals surface area contributed by atoms with Gasteiger partial charge >= 0.3 is 0 Å². The third kappa shape index (κ3) is 2.32. The van der Waals surface area contributed by atoms with Crippen LogP contribution >= 0.6 is 11.6 Å². The molecule has 0 atom stereocenters. The van der Waals surface area contributed by atoms with E-state index in [0.717, 1.165) is 22.2 Å². The summed E-state index contributed by atoms with van der Waals surface area (Å²) in [4.78, 5) is 8.68. The number of ether oxygens (including phenoxy) is 1. The summed E-state index contributed by atoms with van der Waals surface area (Å²) in [7, 11) is 1.61. The van der Waals surface area contributed by atoms with E-state index in [2.05, 4.69) is 9.97 Å². The Morgan fingerprint density at radius 1 is 1.26 bits per heavy atom. The Kier molecular flexibility index (Phi) is 3.19. The van der Waals surface area contributed by atoms with Crippen LogP contribution in [0.15, 0.2) is 41.0 Å². The van der Waals surface area contributed by atoms with E-state index < -0.39 is 0 Å². The zero-order valence-corrected chi connectivity index (χ0v) is 11.0. The quantitative estimate of drug-likeness (QED) is 0.684. The van der Waals surface area contributed by atoms with Gasteiger partial charge in [0.05, 0.1) is 17.9 Å². The summed E-state index contributed by atoms with van der Waals surface area (Å²) in [6.45, 7) is 0.394. The van der Waals surface area contributed by atoms with Crippen molar-refractivity contribution in [3.05, 3.63) is 47.4 Å². The second kappa shape index (κ2) is 4.99. The van der Waals surface area contributed by atoms with E-state index in [-0.39, 0.29) is 0 Å². The SMILES string of the molecule is COCc1cc(Cl)nc(-c2coc3ccccc23)n1. The van der Waals surface area contributed by atoms with E-state index in [1.807, 2.05) is 24.3 Å². The second-order valence-electron chi connectivity index (χ2n) is 4.08. The predicted molar refractivity (Wildman–Crippen MR) is 73.0 cm³/mol. The summed E-state index contributed by atoms with van der Waals surface area (Å²) < 4.78 is 10.6. The van der Waals surface area contributed by atoms with E-state index >= 15 is 0 Å². The van der Waals surface area contributed by atoms with Crippen molar-refractivity contribution in [2.24, 2.45) is 0 Å². The number of aromatic nitrogens is 2. The molecule has 0 saturated carbocycles. The molecule has 0 aliphatic heterocycles. The van der Waals surface area contributed by atoms with Gasteiger partial charge in [0, 0.05) is 12.5 Å². The van der Waals surface area contributed by atoms with E-state index in [9.17, 15) is 0 Å². The molecule has 0 aliphatic carbocycles. The molecule has 0 spiro atoms. The highest BCUT2D eigenvalue weighted by molar-refractivity contribution is 6.29. The van der Waals surface area contributed by atoms with E-state index in [1.54, 1.807) is 19.4 Å². The lowest BCUT2D eigenvalue weighted by atomic mass is 10.1. The average Bonchev–Trinajstić information content (AvgIpc) is 2.82. The van der Waals surface area contributed by atoms with Crippen molar-refractivity contribution in [2.45, 2.75) is 6.61 Å². The molecule has 3 rings (SSSR count). The largest absolute Gasteiger partial charge is 0.464 e. The number of furan rings is 1. The molecule has 19 heavy (non-hydrogen) atoms. The molecule has 0 bridgehead atoms. The average molecular weight is 275 g/mol. The Morgan fingerprint density at radius 2 is 2.11 bits per heavy atom. The highest BCUT2D eigenvalue weighted by Crippen LogP contribution is 2.29. The number of rotatable bonds is 3. The second-order valence-corrected chi connectivity index (χ2v) is 4.47. The molecule has 0 radical (unpaired) electrons. The minimum Gasteiger partial charge on any atom is -0.464 e. The Morgan fingerprint density at radius 3 is 2.95 bits per heavy atom. The van der Waals surface area contributed by atoms with E-state index in [0.29, 0.717) is 17.6 Å². The lowest BCUT2D eigenvalue weighted by Gasteiger charge is -2.03. The molecule has 0 saturated heterocycles. The van der Waals surface area contributed by atoms with E-state index in [1.165, 1.54) is 0 Å². The number of hydrogen-bond donors (Lipinski definition) is 0. The summed E-state index contributed by atoms with van der Waals surface area (Å²) in [6.07, 6.45) is 1.65. The summed E-state index contributed by atoms with van der Waals surface area (Å²) in [5.41, 5.74) is 2.37. The molecule has 0 aliphatic rings. The Hall–Kier alpha value is -1.91. The zero-order chi connectivity index (χ0) is 13.2. The van der Waals surface area contributed by atoms with Crippen molar-refractivity contribution in [2.75, 3.05) is 7.11 Å². The maximum absolute atomic E-state index is 6.02. The predicted octanol–water partition coefficient (Wildman–Crippen LogP) is 3.69. The summed E-state index contributed by atoms with van der Waals surface area (Å²) >= 11 is 6.02. The van der Waals surface area contributed by atoms with Crippen LogP contribution in [0.2, 0.25) is 5.15 Å². The summed E-state index contributed by atoms with van der Waals surface area (Å²) in [5.74, 6) is 0.546. The van der Waals surface area contributed by atoms with Crippen molar-refractivity contribution in [3.63, 3.8) is 0 Å². The molecule has 4 nitrogen and oxygen atoms in total. The van der Waals surface area contributed by atoms with Gasteiger partial charge in [-0.15, -0.1) is 0 Å². The lowest BCUT2D eigenvalue weighted by Crippen LogP contribution is -1.97. The number of benzene rings is 1. The Labute approximate surface area is 115 Å². The smallest absolute Gasteiger partial charge is 0.165 e. The van der Waals surface area contributed by atoms with Crippen molar-refractivity contribution in [3.8, 4) is 11.4 Å². The van der Waals surface area contributed by atoms with Crippen LogP contribution in [0.25, 0.3) is 22.4 Å². The molecule has 2 heterocycles. The fourth-order valence-corrected chi connectivity index (χ4v) is 2.16. The number of nitrogens with zero attached hydrogens (tertiary/aromatic N) is 2. The normalized spacial score (nSPS) is 11.1. The van der Waals surface area contributed by atoms with Gasteiger partial charge in [-0.05, 0) is 12.1 Å². The van der Waals surface area contributed by atoms with Gasteiger partial charge in [-0.2, -0.15) is 0 Å². The summed E-state index contributed by atoms with van der Waals surface area (Å²) in [6, 6.07) is 9.43. The van der Waals surface area contributed by atoms with E-state index in [4.69, 9.17) is 20.8 Å². The molecular formula is C14H11ClN2O2. The number of para-hydroxylation sites is 1. The maximum atomic E-state index is 6.02. The van der Waals surface area contributed by atoms with Crippen molar-refractivity contribution < 1.29 is 9.15 Å². The molecular weight excluding hydrogens is 264 g/mol. The van der Waals surface area contributed by atoms with Gasteiger partial charge < -0.3 is 9.15 Å². The van der Waals surface area contributed by atoms with Gasteiger partial charge in [0.25, 0.3) is 0 Å². The monoisotopic (exact) mass is 274 g/mol. The zero-order valence-electron chi connectivity index (χ0n) is 10.3. The molecule has 0 N–H and O–H groups in total. The molecule has 0 fully saturated rings. The standard InChI is InChI=1S/C14H11ClN2O2/c1-18-7-9-6-13(15)17-14(16-9)11-8-19-12-5-3-2-4-10(11)12/h2-6,8H,7H2,1H3. The lowest BCUT2D eigenvalue weighted by molar-refractivity contribution is 0.181. The Bertz CT molecular complexity index is 724. The van der Waals surface area contributed by atoms with Crippen LogP contribution in [-0.4, -0.2) is 17.1 Å². The molecule has 0 unspecified atom stereocenters. The first-order valence-corrected chi connectivity index (χ1v) is 6.15. The highest BCUT2D eigenvalue weighted by atomic mass is 35.5. The van der Waals surface area contributed by atoms with Gasteiger partial charge in [0.2, 0.25) is 0 Å². The van der Waals surface area contributed by atoms with Crippen LogP contribution < -0.4 is 0 Å². The van der Waals surface area contributed by atoms with Crippen molar-refractivity contribution in [1.29, 1.82) is 0 Å². The third-order valence-corrected chi connectivity index (χ3v) is 2.96. The van der Waals surface area contributed by atoms with Crippen LogP contribution in [0.4, 0.5) is 0 Å². The van der Waals surface area contributed by atoms with Gasteiger partial charge in [-0.25, -0.2) is 9.97 Å². The fraction of sp³-hybridized carbons (Fsp3) is 0.143. The Balaban J connectivity index is 2.15. The minimum atomic E-state index is 0.391. The maximum Gasteiger partial charge on any atom is 0.165 e. The number of fused-ring (bicyclic) bond motifs is 1. The molecule has 1 aromatic carbocycles. The van der Waals surface area contributed by atoms with Gasteiger partial charge in [0.1, 0.15) is 17.0 Å². The topological polar surface area (TPSA) is 48.2 Å². The molecule has 3 aromatic rings. The first-order valence-electron chi connectivity index (χ1n) is 5.77. The van der Waals surface area contributed by atoms with Crippen molar-refractivity contribution in [1.82, 2.24) is 9.97 Å². The number of methoxy groups -OCH3 is 1. The first kappa shape index (κ1) is 12.1. The third-order valence-electron chi connectivity index (χ3n) is 2.76. The molecule has 96 valence electrons. The molecule has 2 aromatic heterocycles. The highest BCUT2D eigenvalue weighted by Gasteiger charge is 2.12. The van der Waals surface area contributed by atoms with Crippen LogP contribution in [-0.2, 0) is 11.3 Å². The van der Waals surface area contributed by atoms with Crippen molar-refractivity contribution >= 4 is 22.6 Å². The minimum absolute atomic E-state index is 0.391. The van der Waals surface area contributed by atoms with Gasteiger partial charge in [-0.1, -0.05) is 29.8 Å². The van der Waals surface area contributed by atoms with Gasteiger partial charge in [0.15, 0.2) is 5.82 Å². The fourth-order valence-electron chi connectivity index (χ4n) is 1.96. The van der Waals surface area contributed by atoms with Gasteiger partial charge in [-0.3, -0.25) is 0 Å². The van der Waals surface area contributed by atoms with Crippen LogP contribution in [0.3, 0.4) is 0 Å². The van der Waals surface area contributed by atoms with Crippen LogP contribution in [0.5, 0.6) is 0 Å². The number of halogens is 1. The first-order chi connectivity index (χ1) is 9.28. The summed E-state index contributed by atoms with van der Waals surface area (Å²) in [5, 5.41) is 1.36. The number of hydrogen-bond acceptors (Lipinski definition) is 4. The molecule has 0 amide bonds.